The second-order valence-electron chi connectivity index (χ2n) is 5.62. The lowest BCUT2D eigenvalue weighted by Crippen LogP contribution is -2.40. The van der Waals surface area contributed by atoms with Crippen molar-refractivity contribution in [1.82, 2.24) is 9.80 Å². The maximum Gasteiger partial charge on any atom is 0.321 e. The van der Waals surface area contributed by atoms with Crippen LogP contribution in [0.25, 0.3) is 0 Å². The molecule has 0 spiro atoms. The van der Waals surface area contributed by atoms with E-state index >= 15 is 0 Å². The third-order valence-electron chi connectivity index (χ3n) is 3.61. The van der Waals surface area contributed by atoms with Crippen LogP contribution in [-0.4, -0.2) is 47.9 Å². The van der Waals surface area contributed by atoms with Gasteiger partial charge in [0, 0.05) is 37.8 Å². The van der Waals surface area contributed by atoms with Gasteiger partial charge in [-0.1, -0.05) is 32.0 Å². The van der Waals surface area contributed by atoms with E-state index in [1.807, 2.05) is 49.1 Å². The Hall–Kier alpha value is -2.04. The molecule has 1 aliphatic heterocycles. The van der Waals surface area contributed by atoms with Crippen LogP contribution >= 0.6 is 0 Å². The fourth-order valence-electron chi connectivity index (χ4n) is 2.43. The standard InChI is InChI=1S/C16H23N3O2/c1-13(2)15(20)18-9-6-10-19(12-11-18)16(21)17-14-7-4-3-5-8-14/h3-5,7-8,13H,6,9-12H2,1-2H3,(H,17,21). The Labute approximate surface area is 125 Å². The molecule has 0 radical (unpaired) electrons. The summed E-state index contributed by atoms with van der Waals surface area (Å²) in [5.41, 5.74) is 0.793. The summed E-state index contributed by atoms with van der Waals surface area (Å²) in [7, 11) is 0. The number of carbonyl (C=O) groups is 2. The van der Waals surface area contributed by atoms with Crippen molar-refractivity contribution >= 4 is 17.6 Å². The first-order valence-corrected chi connectivity index (χ1v) is 7.47. The Balaban J connectivity index is 1.90. The normalized spacial score (nSPS) is 15.8. The Bertz CT molecular complexity index is 488. The maximum atomic E-state index is 12.2. The molecule has 1 aliphatic rings. The summed E-state index contributed by atoms with van der Waals surface area (Å²) in [6.45, 7) is 6.42. The van der Waals surface area contributed by atoms with Crippen molar-refractivity contribution in [3.63, 3.8) is 0 Å². The summed E-state index contributed by atoms with van der Waals surface area (Å²) >= 11 is 0. The second-order valence-corrected chi connectivity index (χ2v) is 5.62. The zero-order valence-corrected chi connectivity index (χ0v) is 12.7. The van der Waals surface area contributed by atoms with Gasteiger partial charge in [-0.3, -0.25) is 4.79 Å². The first kappa shape index (κ1) is 15.4. The monoisotopic (exact) mass is 289 g/mol. The smallest absolute Gasteiger partial charge is 0.321 e. The summed E-state index contributed by atoms with van der Waals surface area (Å²) in [5.74, 6) is 0.176. The Kier molecular flexibility index (Phi) is 5.20. The van der Waals surface area contributed by atoms with Crippen molar-refractivity contribution in [3.05, 3.63) is 30.3 Å². The van der Waals surface area contributed by atoms with Gasteiger partial charge in [0.15, 0.2) is 0 Å². The van der Waals surface area contributed by atoms with Crippen molar-refractivity contribution in [1.29, 1.82) is 0 Å². The number of urea groups is 1. The largest absolute Gasteiger partial charge is 0.341 e. The summed E-state index contributed by atoms with van der Waals surface area (Å²) in [6.07, 6.45) is 0.820. The number of hydrogen-bond acceptors (Lipinski definition) is 2. The molecule has 1 aromatic carbocycles. The number of nitrogens with zero attached hydrogens (tertiary/aromatic N) is 2. The average Bonchev–Trinajstić information content (AvgIpc) is 2.73. The second kappa shape index (κ2) is 7.11. The predicted octanol–water partition coefficient (Wildman–Crippen LogP) is 2.41. The highest BCUT2D eigenvalue weighted by atomic mass is 16.2. The molecular formula is C16H23N3O2. The van der Waals surface area contributed by atoms with E-state index in [2.05, 4.69) is 5.32 Å². The molecule has 21 heavy (non-hydrogen) atoms. The van der Waals surface area contributed by atoms with E-state index < -0.39 is 0 Å². The molecule has 1 fully saturated rings. The van der Waals surface area contributed by atoms with Crippen molar-refractivity contribution in [2.45, 2.75) is 20.3 Å². The number of rotatable bonds is 2. The molecule has 5 nitrogen and oxygen atoms in total. The molecule has 1 N–H and O–H groups in total. The highest BCUT2D eigenvalue weighted by Gasteiger charge is 2.23. The number of anilines is 1. The molecule has 3 amide bonds. The van der Waals surface area contributed by atoms with Crippen molar-refractivity contribution < 1.29 is 9.59 Å². The van der Waals surface area contributed by atoms with Gasteiger partial charge in [0.25, 0.3) is 0 Å². The van der Waals surface area contributed by atoms with Crippen LogP contribution in [0.2, 0.25) is 0 Å². The minimum atomic E-state index is -0.0972. The molecule has 0 saturated carbocycles. The zero-order chi connectivity index (χ0) is 15.2. The molecule has 1 saturated heterocycles. The van der Waals surface area contributed by atoms with Gasteiger partial charge in [-0.25, -0.2) is 4.79 Å². The fraction of sp³-hybridized carbons (Fsp3) is 0.500. The van der Waals surface area contributed by atoms with Crippen LogP contribution in [0.5, 0.6) is 0 Å². The molecular weight excluding hydrogens is 266 g/mol. The van der Waals surface area contributed by atoms with Gasteiger partial charge in [-0.15, -0.1) is 0 Å². The number of carbonyl (C=O) groups excluding carboxylic acids is 2. The van der Waals surface area contributed by atoms with E-state index in [9.17, 15) is 9.59 Å². The van der Waals surface area contributed by atoms with Crippen LogP contribution in [0.15, 0.2) is 30.3 Å². The Morgan fingerprint density at radius 2 is 1.62 bits per heavy atom. The van der Waals surface area contributed by atoms with Gasteiger partial charge < -0.3 is 15.1 Å². The van der Waals surface area contributed by atoms with E-state index in [1.165, 1.54) is 0 Å². The van der Waals surface area contributed by atoms with Gasteiger partial charge in [0.1, 0.15) is 0 Å². The number of para-hydroxylation sites is 1. The van der Waals surface area contributed by atoms with Crippen LogP contribution in [0.3, 0.4) is 0 Å². The van der Waals surface area contributed by atoms with Gasteiger partial charge in [0.05, 0.1) is 0 Å². The third-order valence-corrected chi connectivity index (χ3v) is 3.61. The first-order valence-electron chi connectivity index (χ1n) is 7.47. The van der Waals surface area contributed by atoms with Crippen molar-refractivity contribution in [3.8, 4) is 0 Å². The highest BCUT2D eigenvalue weighted by Crippen LogP contribution is 2.11. The van der Waals surface area contributed by atoms with E-state index in [-0.39, 0.29) is 17.9 Å². The minimum Gasteiger partial charge on any atom is -0.341 e. The number of hydrogen-bond donors (Lipinski definition) is 1. The average molecular weight is 289 g/mol. The molecule has 0 atom stereocenters. The molecule has 1 heterocycles. The molecule has 0 bridgehead atoms. The Morgan fingerprint density at radius 1 is 1.00 bits per heavy atom. The number of benzene rings is 1. The summed E-state index contributed by atoms with van der Waals surface area (Å²) in [5, 5.41) is 2.89. The fourth-order valence-corrected chi connectivity index (χ4v) is 2.43. The lowest BCUT2D eigenvalue weighted by atomic mass is 10.2. The summed E-state index contributed by atoms with van der Waals surface area (Å²) < 4.78 is 0. The molecule has 0 aliphatic carbocycles. The molecule has 0 unspecified atom stereocenters. The molecule has 1 aromatic rings. The van der Waals surface area contributed by atoms with Crippen LogP contribution in [-0.2, 0) is 4.79 Å². The van der Waals surface area contributed by atoms with Crippen LogP contribution < -0.4 is 5.32 Å². The van der Waals surface area contributed by atoms with Crippen LogP contribution in [0, 0.1) is 5.92 Å². The third kappa shape index (κ3) is 4.21. The lowest BCUT2D eigenvalue weighted by Gasteiger charge is -2.23. The van der Waals surface area contributed by atoms with E-state index in [0.717, 1.165) is 18.7 Å². The Morgan fingerprint density at radius 3 is 2.29 bits per heavy atom. The van der Waals surface area contributed by atoms with Crippen molar-refractivity contribution in [2.75, 3.05) is 31.5 Å². The minimum absolute atomic E-state index is 0.00898. The van der Waals surface area contributed by atoms with E-state index in [1.54, 1.807) is 4.90 Å². The zero-order valence-electron chi connectivity index (χ0n) is 12.7. The predicted molar refractivity (Wildman–Crippen MR) is 83.1 cm³/mol. The maximum absolute atomic E-state index is 12.2. The van der Waals surface area contributed by atoms with Gasteiger partial charge in [-0.05, 0) is 18.6 Å². The molecule has 2 rings (SSSR count). The summed E-state index contributed by atoms with van der Waals surface area (Å²) in [4.78, 5) is 27.9. The molecule has 5 heteroatoms. The summed E-state index contributed by atoms with van der Waals surface area (Å²) in [6, 6.07) is 9.33. The molecule has 114 valence electrons. The molecule has 0 aromatic heterocycles. The lowest BCUT2D eigenvalue weighted by molar-refractivity contribution is -0.134. The number of nitrogens with one attached hydrogen (secondary N) is 1. The first-order chi connectivity index (χ1) is 10.1. The van der Waals surface area contributed by atoms with Gasteiger partial charge in [-0.2, -0.15) is 0 Å². The van der Waals surface area contributed by atoms with Crippen LogP contribution in [0.1, 0.15) is 20.3 Å². The SMILES string of the molecule is CC(C)C(=O)N1CCCN(C(=O)Nc2ccccc2)CC1. The van der Waals surface area contributed by atoms with Crippen LogP contribution in [0.4, 0.5) is 10.5 Å². The quantitative estimate of drug-likeness (QED) is 0.909. The van der Waals surface area contributed by atoms with Crippen molar-refractivity contribution in [2.24, 2.45) is 5.92 Å². The number of amides is 3. The van der Waals surface area contributed by atoms with Gasteiger partial charge >= 0.3 is 6.03 Å². The van der Waals surface area contributed by atoms with Gasteiger partial charge in [0.2, 0.25) is 5.91 Å². The van der Waals surface area contributed by atoms with E-state index in [4.69, 9.17) is 0 Å². The topological polar surface area (TPSA) is 52.7 Å². The van der Waals surface area contributed by atoms with E-state index in [0.29, 0.717) is 19.6 Å². The highest BCUT2D eigenvalue weighted by molar-refractivity contribution is 5.89.